The first-order valence-electron chi connectivity index (χ1n) is 11.4. The van der Waals surface area contributed by atoms with Gasteiger partial charge in [-0.25, -0.2) is 9.78 Å². The van der Waals surface area contributed by atoms with Crippen molar-refractivity contribution in [1.82, 2.24) is 15.3 Å². The predicted octanol–water partition coefficient (Wildman–Crippen LogP) is 3.85. The normalized spacial score (nSPS) is 12.1. The number of quaternary nitrogens is 1. The summed E-state index contributed by atoms with van der Waals surface area (Å²) in [6.45, 7) is 4.55. The minimum absolute atomic E-state index is 0.137. The fraction of sp³-hybridized carbons (Fsp3) is 0.222. The van der Waals surface area contributed by atoms with Crippen LogP contribution >= 0.6 is 0 Å². The molecule has 0 radical (unpaired) electrons. The summed E-state index contributed by atoms with van der Waals surface area (Å²) >= 11 is 0. The Bertz CT molecular complexity index is 1290. The van der Waals surface area contributed by atoms with Crippen molar-refractivity contribution in [1.29, 1.82) is 0 Å². The van der Waals surface area contributed by atoms with E-state index in [2.05, 4.69) is 20.6 Å². The third-order valence-electron chi connectivity index (χ3n) is 5.79. The number of aromatic nitrogens is 2. The van der Waals surface area contributed by atoms with E-state index < -0.39 is 17.9 Å². The molecule has 1 amide bonds. The molecule has 34 heavy (non-hydrogen) atoms. The Labute approximate surface area is 198 Å². The maximum Gasteiger partial charge on any atom is 0.326 e. The molecule has 0 fully saturated rings. The van der Waals surface area contributed by atoms with Gasteiger partial charge in [0.15, 0.2) is 0 Å². The molecular formula is C27H29N4O3+. The molecule has 1 atom stereocenters. The second-order valence-electron chi connectivity index (χ2n) is 8.81. The highest BCUT2D eigenvalue weighted by Crippen LogP contribution is 2.32. The van der Waals surface area contributed by atoms with Crippen LogP contribution in [0.15, 0.2) is 73.2 Å². The molecule has 5 N–H and O–H groups in total. The fourth-order valence-electron chi connectivity index (χ4n) is 4.12. The van der Waals surface area contributed by atoms with Gasteiger partial charge in [0.1, 0.15) is 18.3 Å². The minimum atomic E-state index is -1.03. The number of aromatic amines is 1. The summed E-state index contributed by atoms with van der Waals surface area (Å²) < 4.78 is 0. The number of aliphatic carboxylic acids is 1. The Hall–Kier alpha value is -3.97. The van der Waals surface area contributed by atoms with E-state index in [1.165, 1.54) is 0 Å². The molecule has 0 aliphatic carbocycles. The number of benzene rings is 3. The summed E-state index contributed by atoms with van der Waals surface area (Å²) in [6, 6.07) is 18.7. The second kappa shape index (κ2) is 10.3. The summed E-state index contributed by atoms with van der Waals surface area (Å²) in [4.78, 5) is 32.2. The molecule has 0 bridgehead atoms. The van der Waals surface area contributed by atoms with Crippen LogP contribution in [0.4, 0.5) is 5.69 Å². The quantitative estimate of drug-likeness (QED) is 0.286. The van der Waals surface area contributed by atoms with E-state index in [1.54, 1.807) is 18.6 Å². The number of nitrogens with one attached hydrogen (secondary N) is 2. The second-order valence-corrected chi connectivity index (χ2v) is 8.81. The first-order valence-corrected chi connectivity index (χ1v) is 11.4. The lowest BCUT2D eigenvalue weighted by atomic mass is 9.93. The molecule has 174 valence electrons. The third-order valence-corrected chi connectivity index (χ3v) is 5.79. The smallest absolute Gasteiger partial charge is 0.326 e. The van der Waals surface area contributed by atoms with Crippen LogP contribution in [-0.4, -0.2) is 33.0 Å². The number of nitrogens with two attached hydrogens (primary N) is 1. The highest BCUT2D eigenvalue weighted by Gasteiger charge is 2.24. The highest BCUT2D eigenvalue weighted by atomic mass is 16.4. The lowest BCUT2D eigenvalue weighted by Crippen LogP contribution is -2.76. The first-order chi connectivity index (χ1) is 16.4. The molecular weight excluding hydrogens is 428 g/mol. The zero-order chi connectivity index (χ0) is 24.1. The maximum absolute atomic E-state index is 13.3. The van der Waals surface area contributed by atoms with Crippen LogP contribution in [0.1, 0.15) is 36.3 Å². The van der Waals surface area contributed by atoms with Crippen molar-refractivity contribution in [2.75, 3.05) is 0 Å². The van der Waals surface area contributed by atoms with Crippen molar-refractivity contribution in [2.24, 2.45) is 5.92 Å². The molecule has 3 aromatic carbocycles. The number of carbonyl (C=O) groups is 2. The van der Waals surface area contributed by atoms with Gasteiger partial charge in [-0.05, 0) is 40.8 Å². The van der Waals surface area contributed by atoms with E-state index in [4.69, 9.17) is 0 Å². The van der Waals surface area contributed by atoms with Crippen LogP contribution in [-0.2, 0) is 11.3 Å². The maximum atomic E-state index is 13.3. The number of carboxylic acid groups (broad SMARTS) is 1. The summed E-state index contributed by atoms with van der Waals surface area (Å²) in [5.41, 5.74) is 4.10. The van der Waals surface area contributed by atoms with Gasteiger partial charge in [0.2, 0.25) is 0 Å². The van der Waals surface area contributed by atoms with Crippen LogP contribution in [0.3, 0.4) is 0 Å². The Kier molecular flexibility index (Phi) is 7.04. The van der Waals surface area contributed by atoms with Crippen LogP contribution in [0.25, 0.3) is 21.9 Å². The number of rotatable bonds is 9. The molecule has 7 heteroatoms. The average molecular weight is 458 g/mol. The Morgan fingerprint density at radius 2 is 1.85 bits per heavy atom. The first kappa shape index (κ1) is 23.2. The van der Waals surface area contributed by atoms with Gasteiger partial charge in [-0.3, -0.25) is 4.79 Å². The van der Waals surface area contributed by atoms with E-state index in [1.807, 2.05) is 68.4 Å². The van der Waals surface area contributed by atoms with Gasteiger partial charge in [-0.2, -0.15) is 0 Å². The summed E-state index contributed by atoms with van der Waals surface area (Å²) in [5, 5.41) is 16.5. The summed E-state index contributed by atoms with van der Waals surface area (Å²) in [6.07, 6.45) is 3.79. The molecule has 0 aliphatic rings. The topological polar surface area (TPSA) is 112 Å². The van der Waals surface area contributed by atoms with Crippen molar-refractivity contribution >= 4 is 28.3 Å². The van der Waals surface area contributed by atoms with Crippen molar-refractivity contribution < 1.29 is 20.0 Å². The van der Waals surface area contributed by atoms with Crippen molar-refractivity contribution in [2.45, 2.75) is 32.9 Å². The van der Waals surface area contributed by atoms with Crippen molar-refractivity contribution in [3.05, 3.63) is 84.4 Å². The van der Waals surface area contributed by atoms with Gasteiger partial charge in [-0.15, -0.1) is 0 Å². The van der Waals surface area contributed by atoms with Crippen molar-refractivity contribution in [3.8, 4) is 11.1 Å². The lowest BCUT2D eigenvalue weighted by Gasteiger charge is -2.18. The Morgan fingerprint density at radius 1 is 1.06 bits per heavy atom. The standard InChI is InChI=1S/C27H28N4O3/c1-17(2)12-25(27(33)34)31-26(32)23-11-10-19(29-15-20-14-28-16-30-20)13-24(23)22-9-5-7-18-6-3-4-8-21(18)22/h3-11,13-14,16-17,25,29H,12,15H2,1-2H3,(H,28,30)(H,31,32)(H,33,34)/p+1/t25-/m0/s1. The molecule has 0 saturated heterocycles. The Morgan fingerprint density at radius 3 is 2.59 bits per heavy atom. The van der Waals surface area contributed by atoms with Crippen molar-refractivity contribution in [3.63, 3.8) is 0 Å². The lowest BCUT2D eigenvalue weighted by molar-refractivity contribution is -0.589. The number of carboxylic acids is 1. The molecule has 4 aromatic rings. The van der Waals surface area contributed by atoms with Gasteiger partial charge in [0.25, 0.3) is 5.91 Å². The number of amides is 1. The molecule has 7 nitrogen and oxygen atoms in total. The van der Waals surface area contributed by atoms with E-state index in [9.17, 15) is 14.7 Å². The van der Waals surface area contributed by atoms with Gasteiger partial charge in [0, 0.05) is 17.2 Å². The molecule has 1 aromatic heterocycles. The van der Waals surface area contributed by atoms with Gasteiger partial charge < -0.3 is 20.7 Å². The fourth-order valence-corrected chi connectivity index (χ4v) is 4.12. The molecule has 1 heterocycles. The van der Waals surface area contributed by atoms with Crippen LogP contribution < -0.4 is 10.6 Å². The third kappa shape index (κ3) is 5.32. The van der Waals surface area contributed by atoms with Gasteiger partial charge >= 0.3 is 5.97 Å². The number of imidazole rings is 1. The highest BCUT2D eigenvalue weighted by molar-refractivity contribution is 6.07. The molecule has 0 unspecified atom stereocenters. The summed E-state index contributed by atoms with van der Waals surface area (Å²) in [7, 11) is 0. The van der Waals surface area contributed by atoms with Crippen LogP contribution in [0.5, 0.6) is 0 Å². The minimum Gasteiger partial charge on any atom is -0.480 e. The van der Waals surface area contributed by atoms with E-state index >= 15 is 0 Å². The van der Waals surface area contributed by atoms with E-state index in [-0.39, 0.29) is 5.92 Å². The number of nitrogens with zero attached hydrogens (tertiary/aromatic N) is 1. The number of hydrogen-bond acceptors (Lipinski definition) is 3. The zero-order valence-corrected chi connectivity index (χ0v) is 19.3. The Balaban J connectivity index is 1.74. The van der Waals surface area contributed by atoms with Gasteiger partial charge in [0.05, 0.1) is 18.2 Å². The number of carbonyl (C=O) groups excluding carboxylic acids is 1. The number of fused-ring (bicyclic) bond motifs is 1. The van der Waals surface area contributed by atoms with E-state index in [0.717, 1.165) is 33.3 Å². The zero-order valence-electron chi connectivity index (χ0n) is 19.3. The van der Waals surface area contributed by atoms with Gasteiger partial charge in [-0.1, -0.05) is 56.3 Å². The molecule has 4 rings (SSSR count). The van der Waals surface area contributed by atoms with Crippen LogP contribution in [0, 0.1) is 5.92 Å². The molecule has 0 aliphatic heterocycles. The monoisotopic (exact) mass is 457 g/mol. The SMILES string of the molecule is CC(C)C[C@H](NC(=O)c1ccc([NH2+]Cc2cnc[nH]2)cc1-c1cccc2ccccc12)C(=O)O. The molecule has 0 saturated carbocycles. The summed E-state index contributed by atoms with van der Waals surface area (Å²) in [5.74, 6) is -1.28. The largest absolute Gasteiger partial charge is 0.480 e. The molecule has 0 spiro atoms. The average Bonchev–Trinajstić information content (AvgIpc) is 3.35. The number of H-pyrrole nitrogens is 1. The number of hydrogen-bond donors (Lipinski definition) is 4. The van der Waals surface area contributed by atoms with Crippen LogP contribution in [0.2, 0.25) is 0 Å². The predicted molar refractivity (Wildman–Crippen MR) is 132 cm³/mol. The van der Waals surface area contributed by atoms with E-state index in [0.29, 0.717) is 18.5 Å².